The van der Waals surface area contributed by atoms with Crippen LogP contribution in [0.5, 0.6) is 0 Å². The minimum atomic E-state index is -0.685. The van der Waals surface area contributed by atoms with Crippen molar-refractivity contribution in [2.45, 2.75) is 13.0 Å². The fourth-order valence-electron chi connectivity index (χ4n) is 0.710. The first-order valence-electron chi connectivity index (χ1n) is 3.69. The van der Waals surface area contributed by atoms with Crippen LogP contribution in [-0.4, -0.2) is 27.5 Å². The summed E-state index contributed by atoms with van der Waals surface area (Å²) in [6, 6.07) is -1.11. The molecule has 0 radical (unpaired) electrons. The van der Waals surface area contributed by atoms with Crippen molar-refractivity contribution in [2.75, 3.05) is 0 Å². The fourth-order valence-corrected chi connectivity index (χ4v) is 0.710. The molecule has 0 aliphatic rings. The van der Waals surface area contributed by atoms with Crippen LogP contribution in [0.1, 0.15) is 6.92 Å². The van der Waals surface area contributed by atoms with Gasteiger partial charge < -0.3 is 11.1 Å². The smallest absolute Gasteiger partial charge is 0.327 e. The molecule has 0 fully saturated rings. The summed E-state index contributed by atoms with van der Waals surface area (Å²) in [7, 11) is 0. The van der Waals surface area contributed by atoms with E-state index in [9.17, 15) is 9.59 Å². The molecule has 1 rings (SSSR count). The van der Waals surface area contributed by atoms with E-state index in [1.165, 1.54) is 30.2 Å². The molecule has 70 valence electrons. The molecular formula is C7H10N4O2. The Balaban J connectivity index is 2.56. The molecule has 0 aromatic carbocycles. The molecule has 1 aromatic heterocycles. The van der Waals surface area contributed by atoms with Gasteiger partial charge in [-0.05, 0) is 6.92 Å². The van der Waals surface area contributed by atoms with Crippen LogP contribution in [0, 0.1) is 0 Å². The monoisotopic (exact) mass is 182 g/mol. The Bertz CT molecular complexity index is 306. The number of hydrogen-bond donors (Lipinski definition) is 2. The van der Waals surface area contributed by atoms with Crippen molar-refractivity contribution in [3.8, 4) is 0 Å². The summed E-state index contributed by atoms with van der Waals surface area (Å²) in [6.45, 7) is 1.51. The average Bonchev–Trinajstić information content (AvgIpc) is 2.55. The molecule has 1 aromatic rings. The second-order valence-electron chi connectivity index (χ2n) is 2.54. The van der Waals surface area contributed by atoms with E-state index in [-0.39, 0.29) is 0 Å². The zero-order valence-electron chi connectivity index (χ0n) is 7.10. The van der Waals surface area contributed by atoms with Gasteiger partial charge in [0.15, 0.2) is 0 Å². The quantitative estimate of drug-likeness (QED) is 0.634. The van der Waals surface area contributed by atoms with Crippen LogP contribution in [0.25, 0.3) is 0 Å². The van der Waals surface area contributed by atoms with Crippen LogP contribution in [-0.2, 0) is 4.79 Å². The minimum absolute atomic E-state index is 0.427. The first-order valence-corrected chi connectivity index (χ1v) is 3.69. The van der Waals surface area contributed by atoms with E-state index in [4.69, 9.17) is 5.73 Å². The largest absolute Gasteiger partial charge is 0.368 e. The van der Waals surface area contributed by atoms with Gasteiger partial charge in [0.2, 0.25) is 5.91 Å². The number of nitrogens with two attached hydrogens (primary N) is 1. The van der Waals surface area contributed by atoms with E-state index in [1.54, 1.807) is 0 Å². The Kier molecular flexibility index (Phi) is 2.63. The molecule has 6 nitrogen and oxygen atoms in total. The molecule has 1 unspecified atom stereocenters. The van der Waals surface area contributed by atoms with Crippen molar-refractivity contribution in [1.29, 1.82) is 0 Å². The lowest BCUT2D eigenvalue weighted by atomic mass is 10.3. The normalized spacial score (nSPS) is 12.1. The summed E-state index contributed by atoms with van der Waals surface area (Å²) in [5, 5.41) is 2.39. The third kappa shape index (κ3) is 2.29. The first-order chi connectivity index (χ1) is 6.11. The molecule has 1 heterocycles. The summed E-state index contributed by atoms with van der Waals surface area (Å²) < 4.78 is 1.22. The molecule has 1 atom stereocenters. The predicted octanol–water partition coefficient (Wildman–Crippen LogP) is -0.685. The average molecular weight is 182 g/mol. The Labute approximate surface area is 74.7 Å². The highest BCUT2D eigenvalue weighted by Gasteiger charge is 2.12. The molecule has 0 saturated carbocycles. The number of hydrogen-bond acceptors (Lipinski definition) is 3. The van der Waals surface area contributed by atoms with Crippen LogP contribution in [0.2, 0.25) is 0 Å². The molecule has 0 bridgehead atoms. The van der Waals surface area contributed by atoms with Gasteiger partial charge in [0.05, 0.1) is 0 Å². The first kappa shape index (κ1) is 9.24. The van der Waals surface area contributed by atoms with Gasteiger partial charge in [0.1, 0.15) is 12.4 Å². The van der Waals surface area contributed by atoms with Crippen molar-refractivity contribution in [1.82, 2.24) is 14.9 Å². The van der Waals surface area contributed by atoms with Gasteiger partial charge >= 0.3 is 6.03 Å². The van der Waals surface area contributed by atoms with Crippen molar-refractivity contribution in [3.05, 3.63) is 18.7 Å². The molecule has 0 aliphatic carbocycles. The van der Waals surface area contributed by atoms with Crippen LogP contribution in [0.3, 0.4) is 0 Å². The molecule has 0 spiro atoms. The molecule has 6 heteroatoms. The third-order valence-corrected chi connectivity index (χ3v) is 1.51. The number of primary amides is 1. The Morgan fingerprint density at radius 2 is 2.31 bits per heavy atom. The number of rotatable bonds is 2. The predicted molar refractivity (Wildman–Crippen MR) is 44.8 cm³/mol. The lowest BCUT2D eigenvalue weighted by molar-refractivity contribution is -0.119. The Morgan fingerprint density at radius 3 is 2.77 bits per heavy atom. The van der Waals surface area contributed by atoms with Crippen LogP contribution < -0.4 is 11.1 Å². The van der Waals surface area contributed by atoms with Crippen molar-refractivity contribution in [2.24, 2.45) is 5.73 Å². The number of carbonyl (C=O) groups is 2. The van der Waals surface area contributed by atoms with Crippen molar-refractivity contribution >= 4 is 11.9 Å². The number of nitrogens with one attached hydrogen (secondary N) is 1. The van der Waals surface area contributed by atoms with Crippen LogP contribution in [0.15, 0.2) is 18.7 Å². The van der Waals surface area contributed by atoms with Gasteiger partial charge in [-0.3, -0.25) is 9.36 Å². The summed E-state index contributed by atoms with van der Waals surface area (Å²) in [5.41, 5.74) is 4.96. The number of amides is 2. The number of nitrogens with zero attached hydrogens (tertiary/aromatic N) is 2. The molecular weight excluding hydrogens is 172 g/mol. The maximum Gasteiger partial charge on any atom is 0.327 e. The lowest BCUT2D eigenvalue weighted by Crippen LogP contribution is -2.43. The van der Waals surface area contributed by atoms with Crippen molar-refractivity contribution in [3.63, 3.8) is 0 Å². The van der Waals surface area contributed by atoms with Crippen molar-refractivity contribution < 1.29 is 9.59 Å². The van der Waals surface area contributed by atoms with E-state index < -0.39 is 18.0 Å². The zero-order chi connectivity index (χ0) is 9.84. The highest BCUT2D eigenvalue weighted by Crippen LogP contribution is 1.87. The standard InChI is InChI=1S/C7H10N4O2/c1-5(6(8)12)10-7(13)11-3-2-9-4-11/h2-5H,1H3,(H2,8,12)(H,10,13). The number of aromatic nitrogens is 2. The SMILES string of the molecule is CC(NC(=O)n1ccnc1)C(N)=O. The molecule has 0 saturated heterocycles. The molecule has 2 amide bonds. The van der Waals surface area contributed by atoms with Gasteiger partial charge in [-0.2, -0.15) is 0 Å². The topological polar surface area (TPSA) is 90.0 Å². The van der Waals surface area contributed by atoms with E-state index in [2.05, 4.69) is 10.3 Å². The molecule has 3 N–H and O–H groups in total. The highest BCUT2D eigenvalue weighted by molar-refractivity contribution is 5.86. The van der Waals surface area contributed by atoms with E-state index in [0.29, 0.717) is 0 Å². The second kappa shape index (κ2) is 3.70. The Morgan fingerprint density at radius 1 is 1.62 bits per heavy atom. The fraction of sp³-hybridized carbons (Fsp3) is 0.286. The number of carbonyl (C=O) groups excluding carboxylic acids is 2. The van der Waals surface area contributed by atoms with E-state index >= 15 is 0 Å². The molecule has 13 heavy (non-hydrogen) atoms. The maximum absolute atomic E-state index is 11.2. The summed E-state index contributed by atoms with van der Waals surface area (Å²) in [4.78, 5) is 25.5. The molecule has 0 aliphatic heterocycles. The highest BCUT2D eigenvalue weighted by atomic mass is 16.2. The Hall–Kier alpha value is -1.85. The van der Waals surface area contributed by atoms with Crippen LogP contribution in [0.4, 0.5) is 4.79 Å². The van der Waals surface area contributed by atoms with Gasteiger partial charge in [0, 0.05) is 12.4 Å². The van der Waals surface area contributed by atoms with E-state index in [0.717, 1.165) is 0 Å². The summed E-state index contributed by atoms with van der Waals surface area (Å²) in [5.74, 6) is -0.575. The summed E-state index contributed by atoms with van der Waals surface area (Å²) >= 11 is 0. The second-order valence-corrected chi connectivity index (χ2v) is 2.54. The number of imidazole rings is 1. The van der Waals surface area contributed by atoms with Gasteiger partial charge in [-0.15, -0.1) is 0 Å². The van der Waals surface area contributed by atoms with Crippen LogP contribution >= 0.6 is 0 Å². The van der Waals surface area contributed by atoms with Gasteiger partial charge in [-0.1, -0.05) is 0 Å². The lowest BCUT2D eigenvalue weighted by Gasteiger charge is -2.09. The minimum Gasteiger partial charge on any atom is -0.368 e. The van der Waals surface area contributed by atoms with E-state index in [1.807, 2.05) is 0 Å². The zero-order valence-corrected chi connectivity index (χ0v) is 7.10. The summed E-state index contributed by atoms with van der Waals surface area (Å²) in [6.07, 6.45) is 4.28. The maximum atomic E-state index is 11.2. The third-order valence-electron chi connectivity index (χ3n) is 1.51. The van der Waals surface area contributed by atoms with Gasteiger partial charge in [-0.25, -0.2) is 9.78 Å². The van der Waals surface area contributed by atoms with Gasteiger partial charge in [0.25, 0.3) is 0 Å².